The molecular formula is C21H13F2NO2. The van der Waals surface area contributed by atoms with E-state index in [1.807, 2.05) is 6.92 Å². The Labute approximate surface area is 149 Å². The van der Waals surface area contributed by atoms with Crippen LogP contribution in [0.5, 0.6) is 5.75 Å². The maximum atomic E-state index is 14.4. The maximum absolute atomic E-state index is 14.4. The van der Waals surface area contributed by atoms with E-state index in [4.69, 9.17) is 10.00 Å². The van der Waals surface area contributed by atoms with Gasteiger partial charge in [-0.25, -0.2) is 13.6 Å². The molecule has 0 saturated carbocycles. The van der Waals surface area contributed by atoms with Gasteiger partial charge in [0, 0.05) is 11.6 Å². The lowest BCUT2D eigenvalue weighted by atomic mass is 10.0. The van der Waals surface area contributed by atoms with Crippen molar-refractivity contribution in [2.45, 2.75) is 6.92 Å². The van der Waals surface area contributed by atoms with Gasteiger partial charge in [-0.2, -0.15) is 5.26 Å². The third kappa shape index (κ3) is 3.60. The molecule has 0 radical (unpaired) electrons. The van der Waals surface area contributed by atoms with E-state index < -0.39 is 17.6 Å². The van der Waals surface area contributed by atoms with Gasteiger partial charge in [-0.1, -0.05) is 23.8 Å². The molecule has 0 N–H and O–H groups in total. The van der Waals surface area contributed by atoms with Crippen LogP contribution in [-0.4, -0.2) is 5.97 Å². The highest BCUT2D eigenvalue weighted by atomic mass is 19.1. The first-order chi connectivity index (χ1) is 12.5. The van der Waals surface area contributed by atoms with Crippen molar-refractivity contribution >= 4 is 5.97 Å². The monoisotopic (exact) mass is 349 g/mol. The summed E-state index contributed by atoms with van der Waals surface area (Å²) in [6.07, 6.45) is 0. The molecule has 128 valence electrons. The van der Waals surface area contributed by atoms with Crippen LogP contribution in [0.1, 0.15) is 21.5 Å². The third-order valence-corrected chi connectivity index (χ3v) is 3.84. The van der Waals surface area contributed by atoms with Gasteiger partial charge in [-0.15, -0.1) is 0 Å². The zero-order valence-electron chi connectivity index (χ0n) is 13.8. The molecular weight excluding hydrogens is 336 g/mol. The lowest BCUT2D eigenvalue weighted by Gasteiger charge is -2.08. The highest BCUT2D eigenvalue weighted by Crippen LogP contribution is 2.28. The van der Waals surface area contributed by atoms with Crippen LogP contribution >= 0.6 is 0 Å². The molecule has 0 unspecified atom stereocenters. The van der Waals surface area contributed by atoms with Gasteiger partial charge in [0.15, 0.2) is 0 Å². The lowest BCUT2D eigenvalue weighted by Crippen LogP contribution is -2.08. The van der Waals surface area contributed by atoms with Crippen LogP contribution in [0, 0.1) is 29.9 Å². The van der Waals surface area contributed by atoms with E-state index in [0.29, 0.717) is 5.56 Å². The third-order valence-electron chi connectivity index (χ3n) is 3.84. The Morgan fingerprint density at radius 2 is 1.69 bits per heavy atom. The Morgan fingerprint density at radius 3 is 2.31 bits per heavy atom. The van der Waals surface area contributed by atoms with Gasteiger partial charge < -0.3 is 4.74 Å². The fraction of sp³-hybridized carbons (Fsp3) is 0.0476. The van der Waals surface area contributed by atoms with Gasteiger partial charge in [0.25, 0.3) is 0 Å². The molecule has 0 spiro atoms. The minimum atomic E-state index is -0.723. The second-order valence-corrected chi connectivity index (χ2v) is 5.70. The molecule has 3 aromatic rings. The normalized spacial score (nSPS) is 10.2. The number of hydrogen-bond donors (Lipinski definition) is 0. The number of carbonyl (C=O) groups is 1. The molecule has 0 amide bonds. The second kappa shape index (κ2) is 7.16. The molecule has 3 rings (SSSR count). The summed E-state index contributed by atoms with van der Waals surface area (Å²) in [5.41, 5.74) is 1.68. The van der Waals surface area contributed by atoms with Crippen molar-refractivity contribution in [3.8, 4) is 22.9 Å². The molecule has 26 heavy (non-hydrogen) atoms. The number of nitriles is 1. The van der Waals surface area contributed by atoms with Crippen LogP contribution in [0.15, 0.2) is 60.7 Å². The SMILES string of the molecule is Cc1ccc(C(=O)Oc2ccc(-c3ccc(C#N)c(F)c3)c(F)c2)cc1. The Kier molecular flexibility index (Phi) is 4.76. The van der Waals surface area contributed by atoms with Crippen LogP contribution in [0.2, 0.25) is 0 Å². The largest absolute Gasteiger partial charge is 0.423 e. The number of nitrogens with zero attached hydrogens (tertiary/aromatic N) is 1. The van der Waals surface area contributed by atoms with E-state index in [-0.39, 0.29) is 22.4 Å². The average Bonchev–Trinajstić information content (AvgIpc) is 2.62. The first-order valence-electron chi connectivity index (χ1n) is 7.76. The highest BCUT2D eigenvalue weighted by Gasteiger charge is 2.13. The number of aryl methyl sites for hydroxylation is 1. The molecule has 0 fully saturated rings. The zero-order chi connectivity index (χ0) is 18.7. The number of rotatable bonds is 3. The number of halogens is 2. The van der Waals surface area contributed by atoms with Crippen molar-refractivity contribution in [1.29, 1.82) is 5.26 Å². The quantitative estimate of drug-likeness (QED) is 0.492. The first kappa shape index (κ1) is 17.3. The van der Waals surface area contributed by atoms with Gasteiger partial charge in [-0.05, 0) is 48.9 Å². The van der Waals surface area contributed by atoms with Gasteiger partial charge >= 0.3 is 5.97 Å². The van der Waals surface area contributed by atoms with Crippen molar-refractivity contribution in [3.63, 3.8) is 0 Å². The molecule has 0 aliphatic carbocycles. The Morgan fingerprint density at radius 1 is 0.962 bits per heavy atom. The molecule has 0 aromatic heterocycles. The summed E-state index contributed by atoms with van der Waals surface area (Å²) in [4.78, 5) is 12.1. The summed E-state index contributed by atoms with van der Waals surface area (Å²) in [6.45, 7) is 1.90. The van der Waals surface area contributed by atoms with E-state index >= 15 is 0 Å². The molecule has 0 atom stereocenters. The highest BCUT2D eigenvalue weighted by molar-refractivity contribution is 5.91. The molecule has 3 aromatic carbocycles. The second-order valence-electron chi connectivity index (χ2n) is 5.70. The fourth-order valence-electron chi connectivity index (χ4n) is 2.42. The van der Waals surface area contributed by atoms with E-state index in [0.717, 1.165) is 17.7 Å². The van der Waals surface area contributed by atoms with Crippen molar-refractivity contribution in [3.05, 3.63) is 89.0 Å². The van der Waals surface area contributed by atoms with Crippen LogP contribution in [0.25, 0.3) is 11.1 Å². The first-order valence-corrected chi connectivity index (χ1v) is 7.76. The summed E-state index contributed by atoms with van der Waals surface area (Å²) in [5, 5.41) is 8.75. The van der Waals surface area contributed by atoms with E-state index in [9.17, 15) is 13.6 Å². The molecule has 0 aliphatic heterocycles. The average molecular weight is 349 g/mol. The summed E-state index contributed by atoms with van der Waals surface area (Å²) < 4.78 is 33.3. The summed E-state index contributed by atoms with van der Waals surface area (Å²) >= 11 is 0. The van der Waals surface area contributed by atoms with Gasteiger partial charge in [0.2, 0.25) is 0 Å². The Balaban J connectivity index is 1.83. The smallest absolute Gasteiger partial charge is 0.343 e. The van der Waals surface area contributed by atoms with Gasteiger partial charge in [0.1, 0.15) is 23.5 Å². The van der Waals surface area contributed by atoms with Crippen molar-refractivity contribution in [2.24, 2.45) is 0 Å². The van der Waals surface area contributed by atoms with Crippen LogP contribution in [-0.2, 0) is 0 Å². The maximum Gasteiger partial charge on any atom is 0.343 e. The van der Waals surface area contributed by atoms with Gasteiger partial charge in [0.05, 0.1) is 11.1 Å². The number of ether oxygens (including phenoxy) is 1. The minimum absolute atomic E-state index is 0.0472. The molecule has 0 aliphatic rings. The minimum Gasteiger partial charge on any atom is -0.423 e. The van der Waals surface area contributed by atoms with E-state index in [2.05, 4.69) is 0 Å². The van der Waals surface area contributed by atoms with Gasteiger partial charge in [-0.3, -0.25) is 0 Å². The Bertz CT molecular complexity index is 1020. The topological polar surface area (TPSA) is 50.1 Å². The number of carbonyl (C=O) groups excluding carboxylic acids is 1. The van der Waals surface area contributed by atoms with Crippen LogP contribution < -0.4 is 4.74 Å². The van der Waals surface area contributed by atoms with Crippen LogP contribution in [0.3, 0.4) is 0 Å². The number of esters is 1. The number of benzene rings is 3. The summed E-state index contributed by atoms with van der Waals surface area (Å²) in [6, 6.07) is 16.3. The summed E-state index contributed by atoms with van der Waals surface area (Å²) in [7, 11) is 0. The van der Waals surface area contributed by atoms with Crippen molar-refractivity contribution < 1.29 is 18.3 Å². The molecule has 0 bridgehead atoms. The van der Waals surface area contributed by atoms with Crippen molar-refractivity contribution in [2.75, 3.05) is 0 Å². The van der Waals surface area contributed by atoms with Crippen molar-refractivity contribution in [1.82, 2.24) is 0 Å². The van der Waals surface area contributed by atoms with E-state index in [1.54, 1.807) is 30.3 Å². The molecule has 5 heteroatoms. The molecule has 0 heterocycles. The summed E-state index contributed by atoms with van der Waals surface area (Å²) in [5.74, 6) is -1.94. The molecule has 0 saturated heterocycles. The predicted molar refractivity (Wildman–Crippen MR) is 92.6 cm³/mol. The standard InChI is InChI=1S/C21H13F2NO2/c1-13-2-4-14(5-3-13)21(25)26-17-8-9-18(20(23)11-17)15-6-7-16(12-24)19(22)10-15/h2-11H,1H3. The fourth-order valence-corrected chi connectivity index (χ4v) is 2.42. The Hall–Kier alpha value is -3.52. The predicted octanol–water partition coefficient (Wildman–Crippen LogP) is 5.03. The zero-order valence-corrected chi connectivity index (χ0v) is 13.8. The van der Waals surface area contributed by atoms with Crippen LogP contribution in [0.4, 0.5) is 8.78 Å². The lowest BCUT2D eigenvalue weighted by molar-refractivity contribution is 0.0734. The van der Waals surface area contributed by atoms with E-state index in [1.165, 1.54) is 24.3 Å². The molecule has 3 nitrogen and oxygen atoms in total. The number of hydrogen-bond acceptors (Lipinski definition) is 3.